The summed E-state index contributed by atoms with van der Waals surface area (Å²) >= 11 is 0. The quantitative estimate of drug-likeness (QED) is 0.843. The Labute approximate surface area is 144 Å². The van der Waals surface area contributed by atoms with E-state index in [9.17, 15) is 4.79 Å². The zero-order chi connectivity index (χ0) is 16.8. The lowest BCUT2D eigenvalue weighted by Gasteiger charge is -2.35. The Kier molecular flexibility index (Phi) is 5.65. The molecule has 1 fully saturated rings. The molecule has 1 amide bonds. The van der Waals surface area contributed by atoms with E-state index in [0.717, 1.165) is 39.1 Å². The van der Waals surface area contributed by atoms with Gasteiger partial charge in [-0.05, 0) is 30.0 Å². The predicted molar refractivity (Wildman–Crippen MR) is 97.8 cm³/mol. The maximum Gasteiger partial charge on any atom is 0.222 e. The fraction of sp³-hybridized carbons (Fsp3) is 0.381. The SMILES string of the molecule is Cc1ccccc1CN1CCN(C(=O)CCc2ccccc2)CC1. The van der Waals surface area contributed by atoms with Crippen molar-refractivity contribution in [3.8, 4) is 0 Å². The van der Waals surface area contributed by atoms with Crippen molar-refractivity contribution in [2.24, 2.45) is 0 Å². The van der Waals surface area contributed by atoms with E-state index in [1.165, 1.54) is 16.7 Å². The molecule has 3 rings (SSSR count). The van der Waals surface area contributed by atoms with Crippen molar-refractivity contribution in [1.82, 2.24) is 9.80 Å². The summed E-state index contributed by atoms with van der Waals surface area (Å²) in [5, 5.41) is 0. The molecule has 24 heavy (non-hydrogen) atoms. The fourth-order valence-corrected chi connectivity index (χ4v) is 3.24. The summed E-state index contributed by atoms with van der Waals surface area (Å²) in [6.45, 7) is 6.77. The predicted octanol–water partition coefficient (Wildman–Crippen LogP) is 3.27. The maximum absolute atomic E-state index is 12.4. The fourth-order valence-electron chi connectivity index (χ4n) is 3.24. The van der Waals surface area contributed by atoms with Gasteiger partial charge < -0.3 is 4.90 Å². The Morgan fingerprint density at radius 3 is 2.29 bits per heavy atom. The number of nitrogens with zero attached hydrogens (tertiary/aromatic N) is 2. The zero-order valence-electron chi connectivity index (χ0n) is 14.4. The van der Waals surface area contributed by atoms with Gasteiger partial charge in [0.1, 0.15) is 0 Å². The number of hydrogen-bond donors (Lipinski definition) is 0. The molecule has 0 unspecified atom stereocenters. The van der Waals surface area contributed by atoms with Crippen LogP contribution in [-0.2, 0) is 17.8 Å². The van der Waals surface area contributed by atoms with Crippen molar-refractivity contribution in [3.63, 3.8) is 0 Å². The number of hydrogen-bond acceptors (Lipinski definition) is 2. The average Bonchev–Trinajstić information content (AvgIpc) is 2.63. The van der Waals surface area contributed by atoms with Crippen LogP contribution in [0.1, 0.15) is 23.1 Å². The van der Waals surface area contributed by atoms with Crippen LogP contribution >= 0.6 is 0 Å². The van der Waals surface area contributed by atoms with Gasteiger partial charge in [-0.25, -0.2) is 0 Å². The topological polar surface area (TPSA) is 23.6 Å². The summed E-state index contributed by atoms with van der Waals surface area (Å²) in [7, 11) is 0. The Morgan fingerprint density at radius 1 is 0.917 bits per heavy atom. The first-order valence-corrected chi connectivity index (χ1v) is 8.81. The van der Waals surface area contributed by atoms with Crippen molar-refractivity contribution >= 4 is 5.91 Å². The normalized spacial score (nSPS) is 15.5. The number of piperazine rings is 1. The molecule has 0 atom stereocenters. The maximum atomic E-state index is 12.4. The van der Waals surface area contributed by atoms with Crippen molar-refractivity contribution < 1.29 is 4.79 Å². The first-order chi connectivity index (χ1) is 11.7. The minimum Gasteiger partial charge on any atom is -0.340 e. The lowest BCUT2D eigenvalue weighted by atomic mass is 10.1. The number of carbonyl (C=O) groups is 1. The second kappa shape index (κ2) is 8.11. The van der Waals surface area contributed by atoms with Gasteiger partial charge in [0, 0.05) is 39.1 Å². The molecule has 1 aliphatic heterocycles. The van der Waals surface area contributed by atoms with E-state index in [-0.39, 0.29) is 5.91 Å². The summed E-state index contributed by atoms with van der Waals surface area (Å²) in [6.07, 6.45) is 1.45. The Bertz CT molecular complexity index is 661. The van der Waals surface area contributed by atoms with Gasteiger partial charge in [0.15, 0.2) is 0 Å². The van der Waals surface area contributed by atoms with Crippen LogP contribution in [0.3, 0.4) is 0 Å². The van der Waals surface area contributed by atoms with Gasteiger partial charge in [-0.1, -0.05) is 54.6 Å². The third kappa shape index (κ3) is 4.45. The van der Waals surface area contributed by atoms with Crippen LogP contribution in [0.2, 0.25) is 0 Å². The number of aryl methyl sites for hydroxylation is 2. The molecular weight excluding hydrogens is 296 g/mol. The minimum absolute atomic E-state index is 0.286. The molecule has 1 heterocycles. The molecule has 0 aliphatic carbocycles. The zero-order valence-corrected chi connectivity index (χ0v) is 14.4. The molecule has 3 nitrogen and oxygen atoms in total. The van der Waals surface area contributed by atoms with Gasteiger partial charge in [-0.3, -0.25) is 9.69 Å². The smallest absolute Gasteiger partial charge is 0.222 e. The average molecular weight is 322 g/mol. The highest BCUT2D eigenvalue weighted by Gasteiger charge is 2.21. The second-order valence-corrected chi connectivity index (χ2v) is 6.57. The Hall–Kier alpha value is -2.13. The lowest BCUT2D eigenvalue weighted by molar-refractivity contribution is -0.133. The van der Waals surface area contributed by atoms with Crippen LogP contribution in [0, 0.1) is 6.92 Å². The van der Waals surface area contributed by atoms with Crippen LogP contribution in [0.4, 0.5) is 0 Å². The molecule has 3 heteroatoms. The van der Waals surface area contributed by atoms with Crippen molar-refractivity contribution in [1.29, 1.82) is 0 Å². The van der Waals surface area contributed by atoms with E-state index in [2.05, 4.69) is 48.2 Å². The third-order valence-corrected chi connectivity index (χ3v) is 4.85. The molecule has 1 saturated heterocycles. The Morgan fingerprint density at radius 2 is 1.58 bits per heavy atom. The highest BCUT2D eigenvalue weighted by Crippen LogP contribution is 2.13. The number of benzene rings is 2. The van der Waals surface area contributed by atoms with E-state index in [1.807, 2.05) is 23.1 Å². The van der Waals surface area contributed by atoms with Crippen LogP contribution < -0.4 is 0 Å². The van der Waals surface area contributed by atoms with Gasteiger partial charge in [-0.2, -0.15) is 0 Å². The summed E-state index contributed by atoms with van der Waals surface area (Å²) in [5.41, 5.74) is 3.98. The van der Waals surface area contributed by atoms with Gasteiger partial charge >= 0.3 is 0 Å². The summed E-state index contributed by atoms with van der Waals surface area (Å²) in [4.78, 5) is 16.9. The molecule has 0 N–H and O–H groups in total. The van der Waals surface area contributed by atoms with E-state index < -0.39 is 0 Å². The molecule has 126 valence electrons. The first-order valence-electron chi connectivity index (χ1n) is 8.81. The first kappa shape index (κ1) is 16.7. The van der Waals surface area contributed by atoms with Crippen LogP contribution in [0.5, 0.6) is 0 Å². The van der Waals surface area contributed by atoms with Crippen molar-refractivity contribution in [2.75, 3.05) is 26.2 Å². The molecular formula is C21H26N2O. The summed E-state index contributed by atoms with van der Waals surface area (Å²) in [5.74, 6) is 0.286. The minimum atomic E-state index is 0.286. The van der Waals surface area contributed by atoms with Crippen LogP contribution in [0.15, 0.2) is 54.6 Å². The number of amides is 1. The van der Waals surface area contributed by atoms with Gasteiger partial charge in [0.2, 0.25) is 5.91 Å². The van der Waals surface area contributed by atoms with Crippen molar-refractivity contribution in [2.45, 2.75) is 26.3 Å². The highest BCUT2D eigenvalue weighted by molar-refractivity contribution is 5.76. The number of carbonyl (C=O) groups excluding carboxylic acids is 1. The monoisotopic (exact) mass is 322 g/mol. The molecule has 2 aromatic carbocycles. The molecule has 0 aromatic heterocycles. The van der Waals surface area contributed by atoms with E-state index in [4.69, 9.17) is 0 Å². The third-order valence-electron chi connectivity index (χ3n) is 4.85. The summed E-state index contributed by atoms with van der Waals surface area (Å²) in [6, 6.07) is 18.8. The number of rotatable bonds is 5. The molecule has 0 radical (unpaired) electrons. The van der Waals surface area contributed by atoms with E-state index in [0.29, 0.717) is 6.42 Å². The summed E-state index contributed by atoms with van der Waals surface area (Å²) < 4.78 is 0. The second-order valence-electron chi connectivity index (χ2n) is 6.57. The molecule has 0 bridgehead atoms. The Balaban J connectivity index is 1.44. The molecule has 0 spiro atoms. The molecule has 0 saturated carbocycles. The molecule has 1 aliphatic rings. The van der Waals surface area contributed by atoms with Gasteiger partial charge in [0.25, 0.3) is 0 Å². The lowest BCUT2D eigenvalue weighted by Crippen LogP contribution is -2.48. The van der Waals surface area contributed by atoms with Gasteiger partial charge in [-0.15, -0.1) is 0 Å². The van der Waals surface area contributed by atoms with Crippen LogP contribution in [-0.4, -0.2) is 41.9 Å². The van der Waals surface area contributed by atoms with Crippen LogP contribution in [0.25, 0.3) is 0 Å². The largest absolute Gasteiger partial charge is 0.340 e. The van der Waals surface area contributed by atoms with Gasteiger partial charge in [0.05, 0.1) is 0 Å². The van der Waals surface area contributed by atoms with E-state index >= 15 is 0 Å². The van der Waals surface area contributed by atoms with Crippen molar-refractivity contribution in [3.05, 3.63) is 71.3 Å². The van der Waals surface area contributed by atoms with E-state index in [1.54, 1.807) is 0 Å². The standard InChI is InChI=1S/C21H26N2O/c1-18-7-5-6-10-20(18)17-22-13-15-23(16-14-22)21(24)12-11-19-8-3-2-4-9-19/h2-10H,11-17H2,1H3. The molecule has 2 aromatic rings. The highest BCUT2D eigenvalue weighted by atomic mass is 16.2.